The summed E-state index contributed by atoms with van der Waals surface area (Å²) in [5.74, 6) is -0.0300. The number of aliphatic hydroxyl groups is 2. The van der Waals surface area contributed by atoms with E-state index in [2.05, 4.69) is 10.3 Å². The van der Waals surface area contributed by atoms with Crippen LogP contribution in [-0.4, -0.2) is 38.0 Å². The van der Waals surface area contributed by atoms with E-state index in [4.69, 9.17) is 21.4 Å². The molecule has 5 rings (SSSR count). The van der Waals surface area contributed by atoms with Crippen molar-refractivity contribution in [1.29, 1.82) is 0 Å². The number of alkyl halides is 2. The van der Waals surface area contributed by atoms with Gasteiger partial charge < -0.3 is 20.3 Å². The number of nitrogens with zero attached hydrogens (tertiary/aromatic N) is 3. The van der Waals surface area contributed by atoms with Crippen LogP contribution in [0.5, 0.6) is 5.75 Å². The van der Waals surface area contributed by atoms with E-state index in [0.29, 0.717) is 33.3 Å². The van der Waals surface area contributed by atoms with Gasteiger partial charge in [0, 0.05) is 22.7 Å². The number of nitrogens with one attached hydrogen (secondary N) is 1. The standard InChI is InChI=1S/C25H23ClF2N4O3/c1-25(2,34)14-5-3-13(4-6-14)17-8-10-20-30-22-18(33)12-29-21(23(22)32(20)31-17)16-11-15(26)7-9-19(16)35-24(27)28/h3-11,18,21,24,29,33-34H,12H2,1-2H3. The molecule has 2 atom stereocenters. The maximum Gasteiger partial charge on any atom is 0.387 e. The van der Waals surface area contributed by atoms with E-state index in [9.17, 15) is 19.0 Å². The summed E-state index contributed by atoms with van der Waals surface area (Å²) in [5.41, 5.74) is 3.04. The Labute approximate surface area is 205 Å². The Morgan fingerprint density at radius 1 is 1.14 bits per heavy atom. The van der Waals surface area contributed by atoms with Crippen LogP contribution >= 0.6 is 11.6 Å². The summed E-state index contributed by atoms with van der Waals surface area (Å²) in [5, 5.41) is 29.1. The first-order chi connectivity index (χ1) is 16.6. The molecule has 182 valence electrons. The van der Waals surface area contributed by atoms with E-state index in [1.54, 1.807) is 30.5 Å². The van der Waals surface area contributed by atoms with E-state index >= 15 is 0 Å². The van der Waals surface area contributed by atoms with Crippen molar-refractivity contribution < 1.29 is 23.7 Å². The zero-order valence-corrected chi connectivity index (χ0v) is 19.7. The van der Waals surface area contributed by atoms with Gasteiger partial charge in [0.15, 0.2) is 5.65 Å². The molecule has 2 unspecified atom stereocenters. The lowest BCUT2D eigenvalue weighted by Gasteiger charge is -2.28. The van der Waals surface area contributed by atoms with Crippen molar-refractivity contribution in [3.8, 4) is 17.0 Å². The zero-order valence-electron chi connectivity index (χ0n) is 18.9. The number of hydrogen-bond acceptors (Lipinski definition) is 6. The molecule has 3 heterocycles. The molecular weight excluding hydrogens is 478 g/mol. The summed E-state index contributed by atoms with van der Waals surface area (Å²) >= 11 is 6.19. The van der Waals surface area contributed by atoms with Crippen LogP contribution < -0.4 is 10.1 Å². The quantitative estimate of drug-likeness (QED) is 0.371. The van der Waals surface area contributed by atoms with Gasteiger partial charge in [0.1, 0.15) is 11.9 Å². The van der Waals surface area contributed by atoms with E-state index in [1.807, 2.05) is 30.3 Å². The highest BCUT2D eigenvalue weighted by atomic mass is 35.5. The molecule has 4 aromatic rings. The number of fused-ring (bicyclic) bond motifs is 3. The van der Waals surface area contributed by atoms with Gasteiger partial charge >= 0.3 is 6.61 Å². The first-order valence-electron chi connectivity index (χ1n) is 11.0. The molecule has 10 heteroatoms. The molecule has 35 heavy (non-hydrogen) atoms. The summed E-state index contributed by atoms with van der Waals surface area (Å²) < 4.78 is 32.6. The first kappa shape index (κ1) is 23.6. The predicted molar refractivity (Wildman–Crippen MR) is 127 cm³/mol. The minimum absolute atomic E-state index is 0.0300. The van der Waals surface area contributed by atoms with Crippen LogP contribution in [0.25, 0.3) is 16.9 Å². The van der Waals surface area contributed by atoms with Crippen molar-refractivity contribution in [3.05, 3.63) is 82.1 Å². The molecule has 0 aliphatic carbocycles. The summed E-state index contributed by atoms with van der Waals surface area (Å²) in [6.45, 7) is 0.574. The molecule has 7 nitrogen and oxygen atoms in total. The lowest BCUT2D eigenvalue weighted by Crippen LogP contribution is -2.35. The molecule has 0 radical (unpaired) electrons. The molecule has 1 aliphatic heterocycles. The Kier molecular flexibility index (Phi) is 5.96. The molecule has 0 spiro atoms. The van der Waals surface area contributed by atoms with Gasteiger partial charge in [-0.25, -0.2) is 9.50 Å². The number of halogens is 3. The molecule has 2 aromatic heterocycles. The summed E-state index contributed by atoms with van der Waals surface area (Å²) in [4.78, 5) is 4.56. The molecule has 0 bridgehead atoms. The SMILES string of the molecule is CC(C)(O)c1ccc(-c2ccc3nc4c(n3n2)C(c2cc(Cl)ccc2OC(F)F)NCC4O)cc1. The smallest absolute Gasteiger partial charge is 0.387 e. The number of rotatable bonds is 5. The summed E-state index contributed by atoms with van der Waals surface area (Å²) in [6, 6.07) is 14.7. The Hall–Kier alpha value is -3.11. The second kappa shape index (κ2) is 8.83. The van der Waals surface area contributed by atoms with Crippen molar-refractivity contribution in [3.63, 3.8) is 0 Å². The van der Waals surface area contributed by atoms with Gasteiger partial charge in [0.05, 0.1) is 28.7 Å². The maximum atomic E-state index is 13.1. The van der Waals surface area contributed by atoms with Gasteiger partial charge in [-0.15, -0.1) is 0 Å². The van der Waals surface area contributed by atoms with Crippen LogP contribution in [0.15, 0.2) is 54.6 Å². The van der Waals surface area contributed by atoms with Crippen molar-refractivity contribution in [2.45, 2.75) is 38.2 Å². The molecule has 1 aliphatic rings. The number of benzene rings is 2. The average Bonchev–Trinajstić information content (AvgIpc) is 3.20. The van der Waals surface area contributed by atoms with Crippen LogP contribution in [-0.2, 0) is 5.60 Å². The Bertz CT molecular complexity index is 1390. The second-order valence-electron chi connectivity index (χ2n) is 8.92. The minimum Gasteiger partial charge on any atom is -0.434 e. The number of hydrogen-bond donors (Lipinski definition) is 3. The van der Waals surface area contributed by atoms with Gasteiger partial charge in [-0.2, -0.15) is 13.9 Å². The van der Waals surface area contributed by atoms with Gasteiger partial charge in [-0.05, 0) is 49.7 Å². The van der Waals surface area contributed by atoms with Gasteiger partial charge in [0.25, 0.3) is 0 Å². The van der Waals surface area contributed by atoms with Crippen LogP contribution in [0.3, 0.4) is 0 Å². The normalized spacial score (nSPS) is 18.2. The van der Waals surface area contributed by atoms with Gasteiger partial charge in [-0.3, -0.25) is 0 Å². The fourth-order valence-electron chi connectivity index (χ4n) is 4.31. The highest BCUT2D eigenvalue weighted by molar-refractivity contribution is 6.30. The monoisotopic (exact) mass is 500 g/mol. The van der Waals surface area contributed by atoms with Crippen molar-refractivity contribution in [2.24, 2.45) is 0 Å². The second-order valence-corrected chi connectivity index (χ2v) is 9.36. The van der Waals surface area contributed by atoms with E-state index in [-0.39, 0.29) is 12.3 Å². The fourth-order valence-corrected chi connectivity index (χ4v) is 4.49. The predicted octanol–water partition coefficient (Wildman–Crippen LogP) is 4.60. The molecule has 2 aromatic carbocycles. The molecular formula is C25H23ClF2N4O3. The highest BCUT2D eigenvalue weighted by Gasteiger charge is 2.34. The molecule has 3 N–H and O–H groups in total. The summed E-state index contributed by atoms with van der Waals surface area (Å²) in [7, 11) is 0. The number of imidazole rings is 1. The zero-order chi connectivity index (χ0) is 24.9. The number of aromatic nitrogens is 3. The summed E-state index contributed by atoms with van der Waals surface area (Å²) in [6.07, 6.45) is -0.906. The molecule has 0 saturated carbocycles. The van der Waals surface area contributed by atoms with Crippen LogP contribution in [0, 0.1) is 0 Å². The third kappa shape index (κ3) is 4.48. The fraction of sp³-hybridized carbons (Fsp3) is 0.280. The number of aliphatic hydroxyl groups excluding tert-OH is 1. The van der Waals surface area contributed by atoms with Crippen molar-refractivity contribution in [2.75, 3.05) is 6.54 Å². The van der Waals surface area contributed by atoms with Gasteiger partial charge in [0.2, 0.25) is 0 Å². The molecule has 0 amide bonds. The largest absolute Gasteiger partial charge is 0.434 e. The third-order valence-corrected chi connectivity index (χ3v) is 6.27. The number of ether oxygens (including phenoxy) is 1. The van der Waals surface area contributed by atoms with Crippen molar-refractivity contribution >= 4 is 17.2 Å². The van der Waals surface area contributed by atoms with Gasteiger partial charge in [-0.1, -0.05) is 35.9 Å². The van der Waals surface area contributed by atoms with E-state index in [0.717, 1.165) is 11.1 Å². The molecule has 0 fully saturated rings. The van der Waals surface area contributed by atoms with Crippen LogP contribution in [0.4, 0.5) is 8.78 Å². The third-order valence-electron chi connectivity index (χ3n) is 6.03. The minimum atomic E-state index is -3.01. The Morgan fingerprint density at radius 2 is 1.89 bits per heavy atom. The number of β-amino-alcohol motifs (C(OH)–C–C–N with tert-alkyl or cyclic N) is 1. The topological polar surface area (TPSA) is 91.9 Å². The lowest BCUT2D eigenvalue weighted by atomic mass is 9.96. The Morgan fingerprint density at radius 3 is 2.57 bits per heavy atom. The average molecular weight is 501 g/mol. The Balaban J connectivity index is 1.64. The van der Waals surface area contributed by atoms with E-state index in [1.165, 1.54) is 12.1 Å². The molecule has 0 saturated heterocycles. The lowest BCUT2D eigenvalue weighted by molar-refractivity contribution is -0.0507. The van der Waals surface area contributed by atoms with Crippen LogP contribution in [0.1, 0.15) is 48.5 Å². The van der Waals surface area contributed by atoms with Crippen molar-refractivity contribution in [1.82, 2.24) is 19.9 Å². The van der Waals surface area contributed by atoms with Crippen LogP contribution in [0.2, 0.25) is 5.02 Å². The van der Waals surface area contributed by atoms with E-state index < -0.39 is 24.4 Å². The highest BCUT2D eigenvalue weighted by Crippen LogP contribution is 2.39. The first-order valence-corrected chi connectivity index (χ1v) is 11.4. The maximum absolute atomic E-state index is 13.1.